The van der Waals surface area contributed by atoms with Gasteiger partial charge in [0.05, 0.1) is 16.8 Å². The molecule has 3 N–H and O–H groups in total. The quantitative estimate of drug-likeness (QED) is 0.599. The molecule has 6 nitrogen and oxygen atoms in total. The normalized spacial score (nSPS) is 17.3. The van der Waals surface area contributed by atoms with Gasteiger partial charge in [0.1, 0.15) is 17.8 Å². The molecule has 1 aliphatic heterocycles. The first-order valence-corrected chi connectivity index (χ1v) is 9.33. The molecule has 1 fully saturated rings. The van der Waals surface area contributed by atoms with Crippen molar-refractivity contribution in [1.82, 2.24) is 20.3 Å². The van der Waals surface area contributed by atoms with Gasteiger partial charge in [0.15, 0.2) is 0 Å². The number of hydrogen-bond acceptors (Lipinski definition) is 5. The lowest BCUT2D eigenvalue weighted by Gasteiger charge is -2.35. The van der Waals surface area contributed by atoms with Crippen LogP contribution in [-0.2, 0) is 6.18 Å². The Morgan fingerprint density at radius 1 is 1.17 bits per heavy atom. The molecule has 0 radical (unpaired) electrons. The molecule has 1 aliphatic rings. The summed E-state index contributed by atoms with van der Waals surface area (Å²) in [6.07, 6.45) is 1.01. The van der Waals surface area contributed by atoms with E-state index >= 15 is 0 Å². The van der Waals surface area contributed by atoms with Gasteiger partial charge in [0.25, 0.3) is 0 Å². The lowest BCUT2D eigenvalue weighted by molar-refractivity contribution is -0.137. The summed E-state index contributed by atoms with van der Waals surface area (Å²) in [4.78, 5) is 14.0. The largest absolute Gasteiger partial charge is 0.416 e. The maximum absolute atomic E-state index is 12.7. The first-order chi connectivity index (χ1) is 13.9. The van der Waals surface area contributed by atoms with E-state index < -0.39 is 11.7 Å². The number of aromatic nitrogens is 3. The van der Waals surface area contributed by atoms with Crippen LogP contribution in [0, 0.1) is 0 Å². The van der Waals surface area contributed by atoms with Crippen molar-refractivity contribution in [3.8, 4) is 0 Å². The summed E-state index contributed by atoms with van der Waals surface area (Å²) in [7, 11) is 0. The number of aromatic amines is 1. The van der Waals surface area contributed by atoms with Crippen LogP contribution in [0.4, 0.5) is 24.7 Å². The molecule has 1 saturated heterocycles. The molecular weight excluding hydrogens is 381 g/mol. The molecule has 2 aromatic heterocycles. The number of hydrogen-bond donors (Lipinski definition) is 3. The van der Waals surface area contributed by atoms with Crippen LogP contribution in [0.5, 0.6) is 0 Å². The van der Waals surface area contributed by atoms with Crippen molar-refractivity contribution in [1.29, 1.82) is 0 Å². The Morgan fingerprint density at radius 2 is 1.97 bits per heavy atom. The smallest absolute Gasteiger partial charge is 0.368 e. The van der Waals surface area contributed by atoms with Crippen LogP contribution in [0.25, 0.3) is 11.0 Å². The molecule has 1 unspecified atom stereocenters. The van der Waals surface area contributed by atoms with E-state index in [0.29, 0.717) is 11.5 Å². The highest BCUT2D eigenvalue weighted by Crippen LogP contribution is 2.30. The maximum atomic E-state index is 12.7. The lowest BCUT2D eigenvalue weighted by atomic mass is 10.1. The van der Waals surface area contributed by atoms with Gasteiger partial charge in [-0.05, 0) is 43.2 Å². The molecule has 1 aromatic carbocycles. The first kappa shape index (κ1) is 19.1. The van der Waals surface area contributed by atoms with Crippen LogP contribution in [0.1, 0.15) is 18.4 Å². The van der Waals surface area contributed by atoms with Crippen LogP contribution in [-0.4, -0.2) is 34.1 Å². The molecule has 9 heteroatoms. The third-order valence-corrected chi connectivity index (χ3v) is 4.94. The van der Waals surface area contributed by atoms with Gasteiger partial charge in [-0.3, -0.25) is 0 Å². The first-order valence-electron chi connectivity index (χ1n) is 9.33. The monoisotopic (exact) mass is 402 g/mol. The summed E-state index contributed by atoms with van der Waals surface area (Å²) >= 11 is 0. The highest BCUT2D eigenvalue weighted by molar-refractivity contribution is 5.87. The number of benzene rings is 1. The summed E-state index contributed by atoms with van der Waals surface area (Å²) in [6, 6.07) is 7.00. The van der Waals surface area contributed by atoms with Crippen molar-refractivity contribution >= 4 is 22.5 Å². The second kappa shape index (κ2) is 7.65. The van der Waals surface area contributed by atoms with E-state index in [9.17, 15) is 13.2 Å². The van der Waals surface area contributed by atoms with E-state index in [2.05, 4.69) is 37.1 Å². The van der Waals surface area contributed by atoms with Crippen molar-refractivity contribution in [3.63, 3.8) is 0 Å². The van der Waals surface area contributed by atoms with E-state index in [0.717, 1.165) is 54.9 Å². The van der Waals surface area contributed by atoms with Crippen LogP contribution < -0.4 is 15.5 Å². The Balaban J connectivity index is 1.38. The molecule has 0 spiro atoms. The highest BCUT2D eigenvalue weighted by Gasteiger charge is 2.30. The molecule has 29 heavy (non-hydrogen) atoms. The second-order valence-electron chi connectivity index (χ2n) is 7.05. The van der Waals surface area contributed by atoms with E-state index in [-0.39, 0.29) is 6.04 Å². The Bertz CT molecular complexity index is 995. The van der Waals surface area contributed by atoms with Crippen LogP contribution in [0.2, 0.25) is 0 Å². The summed E-state index contributed by atoms with van der Waals surface area (Å²) in [5.41, 5.74) is 0.678. The van der Waals surface area contributed by atoms with Crippen molar-refractivity contribution in [3.05, 3.63) is 60.8 Å². The molecule has 3 aromatic rings. The zero-order chi connectivity index (χ0) is 20.4. The molecule has 4 rings (SSSR count). The standard InChI is InChI=1S/C20H21F3N6/c1-13(27-15-6-4-14(5-7-15)20(21,22)23)28-16-3-2-10-29(11-16)19-17-8-9-24-18(17)25-12-26-19/h4-9,12,16,27-28H,1-3,10-11H2,(H,24,25,26). The van der Waals surface area contributed by atoms with Gasteiger partial charge in [0.2, 0.25) is 0 Å². The molecule has 1 atom stereocenters. The summed E-state index contributed by atoms with van der Waals surface area (Å²) in [6.45, 7) is 5.60. The average molecular weight is 402 g/mol. The van der Waals surface area contributed by atoms with Gasteiger partial charge in [-0.25, -0.2) is 9.97 Å². The SMILES string of the molecule is C=C(Nc1ccc(C(F)(F)F)cc1)NC1CCCN(c2ncnc3[nH]ccc23)C1. The lowest BCUT2D eigenvalue weighted by Crippen LogP contribution is -2.46. The summed E-state index contributed by atoms with van der Waals surface area (Å²) < 4.78 is 38.0. The number of anilines is 2. The zero-order valence-corrected chi connectivity index (χ0v) is 15.6. The molecule has 0 bridgehead atoms. The highest BCUT2D eigenvalue weighted by atomic mass is 19.4. The fourth-order valence-electron chi connectivity index (χ4n) is 3.60. The molecule has 3 heterocycles. The number of halogens is 3. The predicted molar refractivity (Wildman–Crippen MR) is 106 cm³/mol. The molecule has 0 aliphatic carbocycles. The minimum Gasteiger partial charge on any atom is -0.368 e. The Labute approximate surface area is 165 Å². The zero-order valence-electron chi connectivity index (χ0n) is 15.6. The minimum atomic E-state index is -4.34. The fourth-order valence-corrected chi connectivity index (χ4v) is 3.60. The average Bonchev–Trinajstić information content (AvgIpc) is 3.16. The van der Waals surface area contributed by atoms with E-state index in [1.54, 1.807) is 6.33 Å². The number of alkyl halides is 3. The van der Waals surface area contributed by atoms with Crippen molar-refractivity contribution in [2.24, 2.45) is 0 Å². The Hall–Kier alpha value is -3.23. The number of fused-ring (bicyclic) bond motifs is 1. The Kier molecular flexibility index (Phi) is 5.04. The van der Waals surface area contributed by atoms with Gasteiger partial charge in [-0.1, -0.05) is 6.58 Å². The second-order valence-corrected chi connectivity index (χ2v) is 7.05. The molecule has 152 valence electrons. The van der Waals surface area contributed by atoms with Gasteiger partial charge in [0, 0.05) is 31.0 Å². The predicted octanol–water partition coefficient (Wildman–Crippen LogP) is 4.12. The van der Waals surface area contributed by atoms with Crippen molar-refractivity contribution in [2.45, 2.75) is 25.1 Å². The van der Waals surface area contributed by atoms with Gasteiger partial charge >= 0.3 is 6.18 Å². The van der Waals surface area contributed by atoms with Gasteiger partial charge in [-0.15, -0.1) is 0 Å². The molecular formula is C20H21F3N6. The van der Waals surface area contributed by atoms with Crippen molar-refractivity contribution in [2.75, 3.05) is 23.3 Å². The Morgan fingerprint density at radius 3 is 2.72 bits per heavy atom. The van der Waals surface area contributed by atoms with Crippen LogP contribution in [0.3, 0.4) is 0 Å². The summed E-state index contributed by atoms with van der Waals surface area (Å²) in [5.74, 6) is 1.44. The maximum Gasteiger partial charge on any atom is 0.416 e. The van der Waals surface area contributed by atoms with Gasteiger partial charge in [-0.2, -0.15) is 13.2 Å². The number of H-pyrrole nitrogens is 1. The third kappa shape index (κ3) is 4.28. The molecule has 0 amide bonds. The number of nitrogens with zero attached hydrogens (tertiary/aromatic N) is 3. The van der Waals surface area contributed by atoms with Crippen LogP contribution >= 0.6 is 0 Å². The van der Waals surface area contributed by atoms with Crippen molar-refractivity contribution < 1.29 is 13.2 Å². The number of rotatable bonds is 5. The molecule has 0 saturated carbocycles. The van der Waals surface area contributed by atoms with E-state index in [1.165, 1.54) is 12.1 Å². The topological polar surface area (TPSA) is 68.9 Å². The minimum absolute atomic E-state index is 0.141. The number of piperidine rings is 1. The van der Waals surface area contributed by atoms with Crippen LogP contribution in [0.15, 0.2) is 55.3 Å². The number of nitrogens with one attached hydrogen (secondary N) is 3. The third-order valence-electron chi connectivity index (χ3n) is 4.94. The fraction of sp³-hybridized carbons (Fsp3) is 0.300. The van der Waals surface area contributed by atoms with E-state index in [4.69, 9.17) is 0 Å². The summed E-state index contributed by atoms with van der Waals surface area (Å²) in [5, 5.41) is 7.34. The van der Waals surface area contributed by atoms with E-state index in [1.807, 2.05) is 12.3 Å². The van der Waals surface area contributed by atoms with Gasteiger partial charge < -0.3 is 20.5 Å².